The van der Waals surface area contributed by atoms with E-state index in [0.29, 0.717) is 22.9 Å². The van der Waals surface area contributed by atoms with Gasteiger partial charge in [0.25, 0.3) is 5.91 Å². The number of carbonyl (C=O) groups excluding carboxylic acids is 1. The third-order valence-corrected chi connectivity index (χ3v) is 5.00. The number of anilines is 1. The number of hydrogen-bond donors (Lipinski definition) is 2. The van der Waals surface area contributed by atoms with Gasteiger partial charge in [-0.25, -0.2) is 4.98 Å². The van der Waals surface area contributed by atoms with E-state index >= 15 is 0 Å². The first-order valence-electron chi connectivity index (χ1n) is 7.52. The fourth-order valence-electron chi connectivity index (χ4n) is 2.63. The molecule has 120 valence electrons. The molecule has 0 aliphatic rings. The van der Waals surface area contributed by atoms with E-state index in [1.807, 2.05) is 37.3 Å². The molecule has 1 amide bonds. The van der Waals surface area contributed by atoms with Gasteiger partial charge in [0, 0.05) is 10.8 Å². The lowest BCUT2D eigenvalue weighted by Crippen LogP contribution is -2.22. The van der Waals surface area contributed by atoms with E-state index in [1.54, 1.807) is 12.3 Å². The van der Waals surface area contributed by atoms with Crippen LogP contribution in [0.3, 0.4) is 0 Å². The minimum atomic E-state index is -0.216. The van der Waals surface area contributed by atoms with Crippen LogP contribution >= 0.6 is 11.3 Å². The quantitative estimate of drug-likeness (QED) is 0.595. The molecule has 0 atom stereocenters. The monoisotopic (exact) mass is 337 g/mol. The Hall–Kier alpha value is -2.86. The summed E-state index contributed by atoms with van der Waals surface area (Å²) in [5, 5.41) is 4.66. The van der Waals surface area contributed by atoms with Gasteiger partial charge in [-0.15, -0.1) is 11.3 Å². The van der Waals surface area contributed by atoms with Gasteiger partial charge < -0.3 is 15.5 Å². The number of aromatic nitrogens is 1. The highest BCUT2D eigenvalue weighted by atomic mass is 32.1. The molecule has 0 saturated carbocycles. The van der Waals surface area contributed by atoms with Gasteiger partial charge in [0.1, 0.15) is 15.5 Å². The number of benzene rings is 1. The van der Waals surface area contributed by atoms with E-state index in [-0.39, 0.29) is 5.91 Å². The summed E-state index contributed by atoms with van der Waals surface area (Å²) >= 11 is 1.31. The van der Waals surface area contributed by atoms with Gasteiger partial charge in [0.15, 0.2) is 0 Å². The van der Waals surface area contributed by atoms with Gasteiger partial charge in [-0.1, -0.05) is 12.1 Å². The van der Waals surface area contributed by atoms with Crippen molar-refractivity contribution in [2.45, 2.75) is 13.5 Å². The standard InChI is InChI=1S/C18H15N3O2S/c1-10-4-5-11-8-13-15(19)16(24-18(13)21-14(11)7-10)17(22)20-9-12-3-2-6-23-12/h2-8H,9,19H2,1H3,(H,20,22). The molecule has 3 aromatic heterocycles. The molecule has 1 aromatic carbocycles. The van der Waals surface area contributed by atoms with E-state index in [1.165, 1.54) is 11.3 Å². The van der Waals surface area contributed by atoms with Crippen LogP contribution < -0.4 is 11.1 Å². The highest BCUT2D eigenvalue weighted by Crippen LogP contribution is 2.34. The topological polar surface area (TPSA) is 81.2 Å². The fraction of sp³-hybridized carbons (Fsp3) is 0.111. The maximum atomic E-state index is 12.4. The number of pyridine rings is 1. The van der Waals surface area contributed by atoms with Crippen LogP contribution in [0.15, 0.2) is 47.1 Å². The van der Waals surface area contributed by atoms with E-state index in [2.05, 4.69) is 10.3 Å². The van der Waals surface area contributed by atoms with Crippen LogP contribution in [0.25, 0.3) is 21.1 Å². The summed E-state index contributed by atoms with van der Waals surface area (Å²) in [6, 6.07) is 11.7. The summed E-state index contributed by atoms with van der Waals surface area (Å²) in [5.41, 5.74) is 8.73. The lowest BCUT2D eigenvalue weighted by atomic mass is 10.1. The number of nitrogens with two attached hydrogens (primary N) is 1. The molecule has 3 heterocycles. The van der Waals surface area contributed by atoms with Crippen LogP contribution in [-0.2, 0) is 6.54 Å². The average Bonchev–Trinajstić information content (AvgIpc) is 3.19. The Morgan fingerprint density at radius 1 is 1.33 bits per heavy atom. The molecule has 0 saturated heterocycles. The number of hydrogen-bond acceptors (Lipinski definition) is 5. The second-order valence-corrected chi connectivity index (χ2v) is 6.64. The smallest absolute Gasteiger partial charge is 0.263 e. The van der Waals surface area contributed by atoms with Crippen molar-refractivity contribution in [3.63, 3.8) is 0 Å². The molecule has 4 aromatic rings. The maximum absolute atomic E-state index is 12.4. The molecule has 6 heteroatoms. The number of fused-ring (bicyclic) bond motifs is 2. The number of nitrogen functional groups attached to an aromatic ring is 1. The molecule has 5 nitrogen and oxygen atoms in total. The van der Waals surface area contributed by atoms with Crippen molar-refractivity contribution in [2.75, 3.05) is 5.73 Å². The number of amides is 1. The van der Waals surface area contributed by atoms with E-state index in [9.17, 15) is 4.79 Å². The number of rotatable bonds is 3. The van der Waals surface area contributed by atoms with Gasteiger partial charge in [0.05, 0.1) is 24.0 Å². The fourth-order valence-corrected chi connectivity index (χ4v) is 3.63. The molecule has 0 spiro atoms. The maximum Gasteiger partial charge on any atom is 0.263 e. The van der Waals surface area contributed by atoms with E-state index in [4.69, 9.17) is 10.2 Å². The minimum Gasteiger partial charge on any atom is -0.467 e. The zero-order valence-electron chi connectivity index (χ0n) is 13.0. The van der Waals surface area contributed by atoms with Crippen LogP contribution in [0.1, 0.15) is 21.0 Å². The van der Waals surface area contributed by atoms with Crippen LogP contribution in [0.5, 0.6) is 0 Å². The first-order valence-corrected chi connectivity index (χ1v) is 8.33. The Balaban J connectivity index is 1.71. The largest absolute Gasteiger partial charge is 0.467 e. The van der Waals surface area contributed by atoms with Gasteiger partial charge in [-0.2, -0.15) is 0 Å². The molecule has 0 fully saturated rings. The second kappa shape index (κ2) is 5.65. The van der Waals surface area contributed by atoms with Crippen molar-refractivity contribution in [3.8, 4) is 0 Å². The zero-order chi connectivity index (χ0) is 16.7. The molecule has 24 heavy (non-hydrogen) atoms. The zero-order valence-corrected chi connectivity index (χ0v) is 13.8. The number of furan rings is 1. The van der Waals surface area contributed by atoms with Crippen molar-refractivity contribution in [2.24, 2.45) is 0 Å². The van der Waals surface area contributed by atoms with Crippen LogP contribution in [0, 0.1) is 6.92 Å². The molecule has 3 N–H and O–H groups in total. The predicted molar refractivity (Wildman–Crippen MR) is 96.2 cm³/mol. The highest BCUT2D eigenvalue weighted by molar-refractivity contribution is 7.21. The SMILES string of the molecule is Cc1ccc2cc3c(N)c(C(=O)NCc4ccco4)sc3nc2c1. The van der Waals surface area contributed by atoms with Crippen molar-refractivity contribution >= 4 is 44.1 Å². The lowest BCUT2D eigenvalue weighted by molar-refractivity contribution is 0.0953. The van der Waals surface area contributed by atoms with Crippen molar-refractivity contribution in [1.29, 1.82) is 0 Å². The van der Waals surface area contributed by atoms with Gasteiger partial charge in [-0.05, 0) is 36.8 Å². The van der Waals surface area contributed by atoms with Gasteiger partial charge in [0.2, 0.25) is 0 Å². The van der Waals surface area contributed by atoms with E-state index < -0.39 is 0 Å². The summed E-state index contributed by atoms with van der Waals surface area (Å²) in [7, 11) is 0. The summed E-state index contributed by atoms with van der Waals surface area (Å²) < 4.78 is 5.22. The third-order valence-electron chi connectivity index (χ3n) is 3.88. The Morgan fingerprint density at radius 3 is 3.00 bits per heavy atom. The molecule has 0 bridgehead atoms. The summed E-state index contributed by atoms with van der Waals surface area (Å²) in [4.78, 5) is 18.3. The van der Waals surface area contributed by atoms with Crippen molar-refractivity contribution in [1.82, 2.24) is 10.3 Å². The number of carbonyl (C=O) groups is 1. The molecule has 0 aliphatic heterocycles. The van der Waals surface area contributed by atoms with Crippen molar-refractivity contribution < 1.29 is 9.21 Å². The van der Waals surface area contributed by atoms with Gasteiger partial charge in [-0.3, -0.25) is 4.79 Å². The number of nitrogens with one attached hydrogen (secondary N) is 1. The second-order valence-electron chi connectivity index (χ2n) is 5.64. The molecule has 0 radical (unpaired) electrons. The molecular weight excluding hydrogens is 322 g/mol. The summed E-state index contributed by atoms with van der Waals surface area (Å²) in [6.45, 7) is 2.36. The van der Waals surface area contributed by atoms with Crippen LogP contribution in [0.2, 0.25) is 0 Å². The average molecular weight is 337 g/mol. The highest BCUT2D eigenvalue weighted by Gasteiger charge is 2.18. The number of nitrogens with zero attached hydrogens (tertiary/aromatic N) is 1. The number of thiophene rings is 1. The Kier molecular flexibility index (Phi) is 3.46. The van der Waals surface area contributed by atoms with Crippen molar-refractivity contribution in [3.05, 3.63) is 58.9 Å². The molecule has 0 aliphatic carbocycles. The first-order chi connectivity index (χ1) is 11.6. The first kappa shape index (κ1) is 14.7. The summed E-state index contributed by atoms with van der Waals surface area (Å²) in [6.07, 6.45) is 1.58. The normalized spacial score (nSPS) is 11.2. The minimum absolute atomic E-state index is 0.216. The predicted octanol–water partition coefficient (Wildman–Crippen LogP) is 3.86. The molecule has 0 unspecified atom stereocenters. The van der Waals surface area contributed by atoms with E-state index in [0.717, 1.165) is 26.7 Å². The lowest BCUT2D eigenvalue weighted by Gasteiger charge is -2.02. The summed E-state index contributed by atoms with van der Waals surface area (Å²) in [5.74, 6) is 0.481. The molecule has 4 rings (SSSR count). The van der Waals surface area contributed by atoms with Crippen LogP contribution in [-0.4, -0.2) is 10.9 Å². The number of aryl methyl sites for hydroxylation is 1. The molecular formula is C18H15N3O2S. The van der Waals surface area contributed by atoms with Crippen LogP contribution in [0.4, 0.5) is 5.69 Å². The van der Waals surface area contributed by atoms with Gasteiger partial charge >= 0.3 is 0 Å². The Labute approximate surface area is 142 Å². The Bertz CT molecular complexity index is 1050. The third kappa shape index (κ3) is 2.51. The Morgan fingerprint density at radius 2 is 2.21 bits per heavy atom.